The molecule has 2 rings (SSSR count). The number of hydrogen-bond acceptors (Lipinski definition) is 3. The number of hydrogen-bond donors (Lipinski definition) is 0. The van der Waals surface area contributed by atoms with E-state index in [1.54, 1.807) is 36.4 Å². The summed E-state index contributed by atoms with van der Waals surface area (Å²) in [6.45, 7) is 8.42. The molecule has 6 heteroatoms. The van der Waals surface area contributed by atoms with Gasteiger partial charge in [0, 0.05) is 26.4 Å². The molecular weight excluding hydrogens is 230 g/mol. The number of nitrogens with zero attached hydrogens (tertiary/aromatic N) is 5. The van der Waals surface area contributed by atoms with Gasteiger partial charge < -0.3 is 4.90 Å². The average molecular weight is 241 g/mol. The highest BCUT2D eigenvalue weighted by atomic mass is 16.2. The van der Waals surface area contributed by atoms with Crippen LogP contribution in [0.15, 0.2) is 30.9 Å². The molecule has 1 amide bonds. The largest absolute Gasteiger partial charge is 0.313 e. The van der Waals surface area contributed by atoms with Crippen LogP contribution in [0.1, 0.15) is 6.92 Å². The number of carbonyl (C=O) groups excluding carboxylic acids is 1. The number of pyridine rings is 1. The highest BCUT2D eigenvalue weighted by Crippen LogP contribution is 2.18. The third-order valence-corrected chi connectivity index (χ3v) is 2.53. The number of anilines is 1. The van der Waals surface area contributed by atoms with Crippen LogP contribution in [0.25, 0.3) is 10.5 Å². The summed E-state index contributed by atoms with van der Waals surface area (Å²) in [6.07, 6.45) is 6.40. The average Bonchev–Trinajstić information content (AvgIpc) is 2.87. The van der Waals surface area contributed by atoms with Crippen molar-refractivity contribution in [3.8, 4) is 5.69 Å². The number of rotatable bonds is 2. The van der Waals surface area contributed by atoms with Crippen LogP contribution in [-0.2, 0) is 4.79 Å². The van der Waals surface area contributed by atoms with Gasteiger partial charge in [0.25, 0.3) is 0 Å². The fraction of sp³-hybridized carbons (Fsp3) is 0.167. The van der Waals surface area contributed by atoms with Crippen LogP contribution in [0.5, 0.6) is 0 Å². The van der Waals surface area contributed by atoms with Crippen LogP contribution in [0.4, 0.5) is 11.4 Å². The standard InChI is InChI=1S/C12H11N5O/c1-9(18)16(3)12-7-15-17(8-12)11-4-10(13-2)5-14-6-11/h4-8H,1,3H3. The van der Waals surface area contributed by atoms with Crippen LogP contribution >= 0.6 is 0 Å². The summed E-state index contributed by atoms with van der Waals surface area (Å²) >= 11 is 0. The molecule has 2 aromatic heterocycles. The summed E-state index contributed by atoms with van der Waals surface area (Å²) in [5.74, 6) is -0.0671. The predicted octanol–water partition coefficient (Wildman–Crippen LogP) is 1.80. The van der Waals surface area contributed by atoms with Gasteiger partial charge in [0.05, 0.1) is 30.3 Å². The van der Waals surface area contributed by atoms with Crippen molar-refractivity contribution in [3.05, 3.63) is 42.3 Å². The smallest absolute Gasteiger partial charge is 0.223 e. The predicted molar refractivity (Wildman–Crippen MR) is 66.7 cm³/mol. The Morgan fingerprint density at radius 2 is 2.22 bits per heavy atom. The first-order valence-electron chi connectivity index (χ1n) is 5.23. The van der Waals surface area contributed by atoms with Crippen LogP contribution in [-0.4, -0.2) is 27.7 Å². The highest BCUT2D eigenvalue weighted by molar-refractivity contribution is 5.90. The van der Waals surface area contributed by atoms with Crippen molar-refractivity contribution in [1.82, 2.24) is 14.8 Å². The lowest BCUT2D eigenvalue weighted by Gasteiger charge is -2.10. The van der Waals surface area contributed by atoms with Gasteiger partial charge in [0.2, 0.25) is 11.6 Å². The van der Waals surface area contributed by atoms with E-state index in [0.717, 1.165) is 0 Å². The summed E-state index contributed by atoms with van der Waals surface area (Å²) in [4.78, 5) is 20.0. The molecule has 0 aliphatic heterocycles. The van der Waals surface area contributed by atoms with E-state index < -0.39 is 0 Å². The molecule has 0 saturated heterocycles. The molecule has 0 radical (unpaired) electrons. The minimum atomic E-state index is -0.0671. The van der Waals surface area contributed by atoms with Crippen molar-refractivity contribution >= 4 is 17.3 Å². The second kappa shape index (κ2) is 4.67. The minimum Gasteiger partial charge on any atom is -0.313 e. The summed E-state index contributed by atoms with van der Waals surface area (Å²) < 4.78 is 1.58. The Balaban J connectivity index is 2.35. The van der Waals surface area contributed by atoms with Gasteiger partial charge in [-0.05, 0) is 6.07 Å². The van der Waals surface area contributed by atoms with Gasteiger partial charge in [-0.1, -0.05) is 0 Å². The molecule has 2 aromatic rings. The minimum absolute atomic E-state index is 0.0671. The quantitative estimate of drug-likeness (QED) is 0.753. The Morgan fingerprint density at radius 3 is 2.89 bits per heavy atom. The normalized spacial score (nSPS) is 9.83. The molecule has 0 bridgehead atoms. The third kappa shape index (κ3) is 2.20. The van der Waals surface area contributed by atoms with Crippen molar-refractivity contribution in [2.24, 2.45) is 0 Å². The maximum atomic E-state index is 11.2. The molecule has 0 saturated carbocycles. The van der Waals surface area contributed by atoms with Crippen molar-refractivity contribution < 1.29 is 4.79 Å². The molecule has 90 valence electrons. The molecule has 0 spiro atoms. The zero-order chi connectivity index (χ0) is 13.1. The van der Waals surface area contributed by atoms with E-state index in [2.05, 4.69) is 14.9 Å². The molecule has 6 nitrogen and oxygen atoms in total. The molecule has 0 N–H and O–H groups in total. The molecule has 0 aliphatic carbocycles. The Bertz CT molecular complexity index is 625. The fourth-order valence-electron chi connectivity index (χ4n) is 1.41. The summed E-state index contributed by atoms with van der Waals surface area (Å²) in [5.41, 5.74) is 1.83. The zero-order valence-corrected chi connectivity index (χ0v) is 10.0. The topological polar surface area (TPSA) is 55.4 Å². The Hall–Kier alpha value is -2.68. The summed E-state index contributed by atoms with van der Waals surface area (Å²) in [5, 5.41) is 4.15. The van der Waals surface area contributed by atoms with Crippen LogP contribution < -0.4 is 4.90 Å². The van der Waals surface area contributed by atoms with E-state index in [9.17, 15) is 4.79 Å². The van der Waals surface area contributed by atoms with Crippen LogP contribution in [0.3, 0.4) is 0 Å². The van der Waals surface area contributed by atoms with Crippen molar-refractivity contribution in [2.45, 2.75) is 6.92 Å². The van der Waals surface area contributed by atoms with Gasteiger partial charge in [0.15, 0.2) is 0 Å². The van der Waals surface area contributed by atoms with Gasteiger partial charge in [-0.2, -0.15) is 5.10 Å². The molecule has 0 aliphatic rings. The molecule has 0 fully saturated rings. The lowest BCUT2D eigenvalue weighted by atomic mass is 10.4. The maximum Gasteiger partial charge on any atom is 0.223 e. The van der Waals surface area contributed by atoms with Gasteiger partial charge in [-0.15, -0.1) is 0 Å². The second-order valence-corrected chi connectivity index (χ2v) is 3.73. The van der Waals surface area contributed by atoms with E-state index in [0.29, 0.717) is 17.1 Å². The van der Waals surface area contributed by atoms with E-state index in [1.807, 2.05) is 0 Å². The van der Waals surface area contributed by atoms with Crippen LogP contribution in [0, 0.1) is 6.57 Å². The summed E-state index contributed by atoms with van der Waals surface area (Å²) in [7, 11) is 1.68. The van der Waals surface area contributed by atoms with E-state index in [1.165, 1.54) is 18.0 Å². The lowest BCUT2D eigenvalue weighted by molar-refractivity contribution is -0.116. The number of amides is 1. The van der Waals surface area contributed by atoms with Gasteiger partial charge in [0.1, 0.15) is 0 Å². The van der Waals surface area contributed by atoms with Crippen molar-refractivity contribution in [3.63, 3.8) is 0 Å². The van der Waals surface area contributed by atoms with Gasteiger partial charge >= 0.3 is 0 Å². The molecule has 0 unspecified atom stereocenters. The second-order valence-electron chi connectivity index (χ2n) is 3.73. The van der Waals surface area contributed by atoms with Crippen LogP contribution in [0.2, 0.25) is 0 Å². The van der Waals surface area contributed by atoms with Crippen molar-refractivity contribution in [1.29, 1.82) is 0 Å². The van der Waals surface area contributed by atoms with Gasteiger partial charge in [-0.25, -0.2) is 9.53 Å². The highest BCUT2D eigenvalue weighted by Gasteiger charge is 2.09. The maximum absolute atomic E-state index is 11.2. The Morgan fingerprint density at radius 1 is 1.44 bits per heavy atom. The van der Waals surface area contributed by atoms with Crippen molar-refractivity contribution in [2.75, 3.05) is 11.9 Å². The van der Waals surface area contributed by atoms with E-state index in [4.69, 9.17) is 6.57 Å². The molecular formula is C12H11N5O. The van der Waals surface area contributed by atoms with E-state index in [-0.39, 0.29) is 5.91 Å². The first-order chi connectivity index (χ1) is 8.61. The fourth-order valence-corrected chi connectivity index (χ4v) is 1.41. The number of aromatic nitrogens is 3. The monoisotopic (exact) mass is 241 g/mol. The molecule has 0 aromatic carbocycles. The lowest BCUT2D eigenvalue weighted by Crippen LogP contribution is -2.22. The zero-order valence-electron chi connectivity index (χ0n) is 10.0. The molecule has 18 heavy (non-hydrogen) atoms. The third-order valence-electron chi connectivity index (χ3n) is 2.53. The Kier molecular flexibility index (Phi) is 3.06. The van der Waals surface area contributed by atoms with Gasteiger partial charge in [-0.3, -0.25) is 9.78 Å². The van der Waals surface area contributed by atoms with E-state index >= 15 is 0 Å². The first-order valence-corrected chi connectivity index (χ1v) is 5.23. The SMILES string of the molecule is [C-]#[N+]c1cncc(-n2cc(N(C)C(C)=O)cn2)c1. The molecule has 2 heterocycles. The Labute approximate surface area is 104 Å². The number of carbonyl (C=O) groups is 1. The first kappa shape index (κ1) is 11.8. The molecule has 0 atom stereocenters. The summed E-state index contributed by atoms with van der Waals surface area (Å²) in [6, 6.07) is 1.69.